The van der Waals surface area contributed by atoms with Gasteiger partial charge in [-0.15, -0.1) is 0 Å². The summed E-state index contributed by atoms with van der Waals surface area (Å²) in [6, 6.07) is 4.16. The molecule has 1 aromatic rings. The van der Waals surface area contributed by atoms with E-state index in [0.29, 0.717) is 25.7 Å². The Labute approximate surface area is 157 Å². The largest absolute Gasteiger partial charge is 0.352 e. The maximum atomic E-state index is 13.8. The highest BCUT2D eigenvalue weighted by Gasteiger charge is 2.28. The molecule has 0 spiro atoms. The van der Waals surface area contributed by atoms with Crippen molar-refractivity contribution in [2.24, 2.45) is 0 Å². The topological polar surface area (TPSA) is 64.7 Å². The molecule has 1 saturated heterocycles. The summed E-state index contributed by atoms with van der Waals surface area (Å²) in [5.74, 6) is -0.736. The van der Waals surface area contributed by atoms with Crippen LogP contribution in [0.3, 0.4) is 0 Å². The van der Waals surface area contributed by atoms with Crippen LogP contribution in [-0.2, 0) is 9.59 Å². The van der Waals surface area contributed by atoms with Gasteiger partial charge in [-0.05, 0) is 38.0 Å². The predicted molar refractivity (Wildman–Crippen MR) is 98.7 cm³/mol. The lowest BCUT2D eigenvalue weighted by Gasteiger charge is -2.37. The van der Waals surface area contributed by atoms with Crippen LogP contribution in [0.1, 0.15) is 19.8 Å². The fourth-order valence-corrected chi connectivity index (χ4v) is 3.17. The van der Waals surface area contributed by atoms with Crippen LogP contribution < -0.4 is 10.6 Å². The maximum Gasteiger partial charge on any atom is 0.241 e. The highest BCUT2D eigenvalue weighted by molar-refractivity contribution is 6.30. The summed E-state index contributed by atoms with van der Waals surface area (Å²) in [5, 5.41) is 5.89. The van der Waals surface area contributed by atoms with E-state index in [2.05, 4.69) is 15.5 Å². The molecule has 8 heteroatoms. The summed E-state index contributed by atoms with van der Waals surface area (Å²) in [5.41, 5.74) is 0.127. The number of nitrogens with zero attached hydrogens (tertiary/aromatic N) is 2. The van der Waals surface area contributed by atoms with Crippen molar-refractivity contribution in [1.29, 1.82) is 0 Å². The predicted octanol–water partition coefficient (Wildman–Crippen LogP) is 1.70. The zero-order valence-corrected chi connectivity index (χ0v) is 15.6. The first-order valence-corrected chi connectivity index (χ1v) is 9.32. The minimum absolute atomic E-state index is 0.0740. The van der Waals surface area contributed by atoms with E-state index >= 15 is 0 Å². The molecule has 2 fully saturated rings. The number of halogens is 2. The number of carbonyl (C=O) groups excluding carboxylic acids is 2. The molecule has 0 bridgehead atoms. The first kappa shape index (κ1) is 19.1. The van der Waals surface area contributed by atoms with Gasteiger partial charge in [0, 0.05) is 37.2 Å². The number of hydrogen-bond donors (Lipinski definition) is 2. The van der Waals surface area contributed by atoms with Gasteiger partial charge in [-0.3, -0.25) is 19.4 Å². The first-order chi connectivity index (χ1) is 12.4. The molecule has 1 atom stereocenters. The second-order valence-corrected chi connectivity index (χ2v) is 7.38. The van der Waals surface area contributed by atoms with E-state index in [-0.39, 0.29) is 28.6 Å². The first-order valence-electron chi connectivity index (χ1n) is 8.94. The number of anilines is 1. The fourth-order valence-electron chi connectivity index (χ4n) is 3.01. The lowest BCUT2D eigenvalue weighted by Crippen LogP contribution is -2.54. The molecule has 0 aromatic heterocycles. The van der Waals surface area contributed by atoms with E-state index in [4.69, 9.17) is 11.6 Å². The van der Waals surface area contributed by atoms with Crippen LogP contribution in [-0.4, -0.2) is 66.4 Å². The van der Waals surface area contributed by atoms with Gasteiger partial charge in [0.25, 0.3) is 0 Å². The molecular formula is C18H24ClFN4O2. The molecule has 2 N–H and O–H groups in total. The Morgan fingerprint density at radius 3 is 2.58 bits per heavy atom. The summed E-state index contributed by atoms with van der Waals surface area (Å²) >= 11 is 5.72. The number of carbonyl (C=O) groups is 2. The molecule has 1 aliphatic heterocycles. The van der Waals surface area contributed by atoms with Crippen molar-refractivity contribution in [3.63, 3.8) is 0 Å². The molecule has 1 heterocycles. The van der Waals surface area contributed by atoms with Crippen molar-refractivity contribution in [3.05, 3.63) is 29.0 Å². The summed E-state index contributed by atoms with van der Waals surface area (Å²) in [6.07, 6.45) is 2.17. The highest BCUT2D eigenvalue weighted by Crippen LogP contribution is 2.20. The van der Waals surface area contributed by atoms with E-state index in [9.17, 15) is 14.0 Å². The Bertz CT molecular complexity index is 675. The molecule has 2 amide bonds. The van der Waals surface area contributed by atoms with E-state index in [1.54, 1.807) is 6.92 Å². The molecular weight excluding hydrogens is 359 g/mol. The Morgan fingerprint density at radius 1 is 1.27 bits per heavy atom. The lowest BCUT2D eigenvalue weighted by atomic mass is 10.2. The average molecular weight is 383 g/mol. The number of nitrogens with one attached hydrogen (secondary N) is 2. The minimum Gasteiger partial charge on any atom is -0.352 e. The van der Waals surface area contributed by atoms with E-state index < -0.39 is 5.82 Å². The summed E-state index contributed by atoms with van der Waals surface area (Å²) in [4.78, 5) is 28.4. The molecule has 2 aliphatic rings. The Morgan fingerprint density at radius 2 is 1.96 bits per heavy atom. The third-order valence-electron chi connectivity index (χ3n) is 4.83. The smallest absolute Gasteiger partial charge is 0.241 e. The SMILES string of the molecule is CC(C(=O)Nc1ccc(Cl)cc1F)N1CCN(CC(=O)NC2CC2)CC1. The van der Waals surface area contributed by atoms with Crippen LogP contribution in [0.5, 0.6) is 0 Å². The van der Waals surface area contributed by atoms with Gasteiger partial charge in [-0.2, -0.15) is 0 Å². The van der Waals surface area contributed by atoms with Crippen molar-refractivity contribution >= 4 is 29.1 Å². The van der Waals surface area contributed by atoms with Crippen molar-refractivity contribution in [3.8, 4) is 0 Å². The maximum absolute atomic E-state index is 13.8. The molecule has 26 heavy (non-hydrogen) atoms. The van der Waals surface area contributed by atoms with Crippen LogP contribution in [0.25, 0.3) is 0 Å². The van der Waals surface area contributed by atoms with Crippen LogP contribution in [0.15, 0.2) is 18.2 Å². The third-order valence-corrected chi connectivity index (χ3v) is 5.07. The van der Waals surface area contributed by atoms with Gasteiger partial charge in [-0.25, -0.2) is 4.39 Å². The zero-order valence-electron chi connectivity index (χ0n) is 14.8. The van der Waals surface area contributed by atoms with E-state index in [1.807, 2.05) is 4.90 Å². The second-order valence-electron chi connectivity index (χ2n) is 6.94. The Kier molecular flexibility index (Phi) is 6.11. The monoisotopic (exact) mass is 382 g/mol. The molecule has 142 valence electrons. The molecule has 1 aliphatic carbocycles. The standard InChI is InChI=1S/C18H24ClFN4O2/c1-12(18(26)22-16-5-2-13(19)10-15(16)20)24-8-6-23(7-9-24)11-17(25)21-14-3-4-14/h2,5,10,12,14H,3-4,6-9,11H2,1H3,(H,21,25)(H,22,26). The normalized spacial score (nSPS) is 19.8. The molecule has 6 nitrogen and oxygen atoms in total. The molecule has 3 rings (SSSR count). The summed E-state index contributed by atoms with van der Waals surface area (Å²) in [6.45, 7) is 5.04. The van der Waals surface area contributed by atoms with E-state index in [1.165, 1.54) is 18.2 Å². The van der Waals surface area contributed by atoms with Gasteiger partial charge in [-0.1, -0.05) is 11.6 Å². The van der Waals surface area contributed by atoms with Gasteiger partial charge < -0.3 is 10.6 Å². The van der Waals surface area contributed by atoms with Crippen molar-refractivity contribution < 1.29 is 14.0 Å². The van der Waals surface area contributed by atoms with Gasteiger partial charge in [0.1, 0.15) is 5.82 Å². The van der Waals surface area contributed by atoms with E-state index in [0.717, 1.165) is 25.9 Å². The van der Waals surface area contributed by atoms with Crippen LogP contribution >= 0.6 is 11.6 Å². The Hall–Kier alpha value is -1.70. The van der Waals surface area contributed by atoms with Gasteiger partial charge in [0.2, 0.25) is 11.8 Å². The number of piperazine rings is 1. The van der Waals surface area contributed by atoms with Gasteiger partial charge in [0.15, 0.2) is 0 Å². The highest BCUT2D eigenvalue weighted by atomic mass is 35.5. The number of rotatable bonds is 6. The number of benzene rings is 1. The quantitative estimate of drug-likeness (QED) is 0.786. The Balaban J connectivity index is 1.45. The second kappa shape index (κ2) is 8.33. The number of hydrogen-bond acceptors (Lipinski definition) is 4. The van der Waals surface area contributed by atoms with Crippen molar-refractivity contribution in [1.82, 2.24) is 15.1 Å². The summed E-state index contributed by atoms with van der Waals surface area (Å²) in [7, 11) is 0. The van der Waals surface area contributed by atoms with Crippen LogP contribution in [0, 0.1) is 5.82 Å². The van der Waals surface area contributed by atoms with Crippen LogP contribution in [0.4, 0.5) is 10.1 Å². The van der Waals surface area contributed by atoms with Gasteiger partial charge in [0.05, 0.1) is 18.3 Å². The summed E-state index contributed by atoms with van der Waals surface area (Å²) < 4.78 is 13.8. The van der Waals surface area contributed by atoms with Gasteiger partial charge >= 0.3 is 0 Å². The van der Waals surface area contributed by atoms with Crippen molar-refractivity contribution in [2.75, 3.05) is 38.0 Å². The zero-order chi connectivity index (χ0) is 18.7. The van der Waals surface area contributed by atoms with Crippen LogP contribution in [0.2, 0.25) is 5.02 Å². The number of amides is 2. The molecule has 1 saturated carbocycles. The average Bonchev–Trinajstić information content (AvgIpc) is 3.41. The molecule has 1 aromatic carbocycles. The minimum atomic E-state index is -0.551. The molecule has 1 unspecified atom stereocenters. The fraction of sp³-hybridized carbons (Fsp3) is 0.556. The lowest BCUT2D eigenvalue weighted by molar-refractivity contribution is -0.124. The third kappa shape index (κ3) is 5.16. The molecule has 0 radical (unpaired) electrons. The van der Waals surface area contributed by atoms with Crippen molar-refractivity contribution in [2.45, 2.75) is 31.8 Å².